The van der Waals surface area contributed by atoms with Gasteiger partial charge < -0.3 is 14.8 Å². The van der Waals surface area contributed by atoms with E-state index in [1.807, 2.05) is 12.1 Å². The first-order valence-corrected chi connectivity index (χ1v) is 8.29. The van der Waals surface area contributed by atoms with E-state index in [1.54, 1.807) is 43.5 Å². The van der Waals surface area contributed by atoms with E-state index >= 15 is 0 Å². The molecule has 0 saturated carbocycles. The molecular formula is C19H20ClNO4. The summed E-state index contributed by atoms with van der Waals surface area (Å²) in [6, 6.07) is 13.9. The summed E-state index contributed by atoms with van der Waals surface area (Å²) in [7, 11) is 1.57. The zero-order valence-electron chi connectivity index (χ0n) is 14.0. The summed E-state index contributed by atoms with van der Waals surface area (Å²) in [6.45, 7) is 0.670. The third kappa shape index (κ3) is 6.12. The minimum Gasteiger partial charge on any atom is -0.493 e. The van der Waals surface area contributed by atoms with Crippen molar-refractivity contribution in [1.29, 1.82) is 0 Å². The molecule has 132 valence electrons. The molecule has 0 radical (unpaired) electrons. The quantitative estimate of drug-likeness (QED) is 0.548. The van der Waals surface area contributed by atoms with E-state index in [1.165, 1.54) is 0 Å². The number of nitrogens with one attached hydrogen (secondary N) is 1. The number of hydrogen-bond donors (Lipinski definition) is 1. The van der Waals surface area contributed by atoms with Crippen LogP contribution in [0, 0.1) is 0 Å². The fraction of sp³-hybridized carbons (Fsp3) is 0.263. The summed E-state index contributed by atoms with van der Waals surface area (Å²) in [5, 5.41) is 3.30. The Hall–Kier alpha value is -2.53. The van der Waals surface area contributed by atoms with Gasteiger partial charge in [0.15, 0.2) is 17.3 Å². The highest BCUT2D eigenvalue weighted by molar-refractivity contribution is 6.30. The van der Waals surface area contributed by atoms with E-state index in [-0.39, 0.29) is 24.5 Å². The van der Waals surface area contributed by atoms with E-state index in [2.05, 4.69) is 5.32 Å². The summed E-state index contributed by atoms with van der Waals surface area (Å²) >= 11 is 5.78. The molecule has 0 atom stereocenters. The minimum atomic E-state index is -0.189. The number of para-hydroxylation sites is 2. The van der Waals surface area contributed by atoms with Crippen LogP contribution in [0.1, 0.15) is 23.2 Å². The Balaban J connectivity index is 1.67. The first-order valence-electron chi connectivity index (χ1n) is 7.91. The molecule has 0 aliphatic heterocycles. The average molecular weight is 362 g/mol. The highest BCUT2D eigenvalue weighted by atomic mass is 35.5. The lowest BCUT2D eigenvalue weighted by atomic mass is 10.1. The summed E-state index contributed by atoms with van der Waals surface area (Å²) in [5.74, 6) is 0.989. The molecule has 5 nitrogen and oxygen atoms in total. The Kier molecular flexibility index (Phi) is 7.29. The summed E-state index contributed by atoms with van der Waals surface area (Å²) in [4.78, 5) is 23.8. The van der Waals surface area contributed by atoms with Gasteiger partial charge >= 0.3 is 0 Å². The molecular weight excluding hydrogens is 342 g/mol. The largest absolute Gasteiger partial charge is 0.493 e. The van der Waals surface area contributed by atoms with Crippen LogP contribution in [0.4, 0.5) is 0 Å². The highest BCUT2D eigenvalue weighted by Crippen LogP contribution is 2.25. The van der Waals surface area contributed by atoms with Gasteiger partial charge in [-0.3, -0.25) is 9.59 Å². The Labute approximate surface area is 151 Å². The Morgan fingerprint density at radius 1 is 1.00 bits per heavy atom. The fourth-order valence-electron chi connectivity index (χ4n) is 2.19. The monoisotopic (exact) mass is 361 g/mol. The summed E-state index contributed by atoms with van der Waals surface area (Å²) in [5.41, 5.74) is 0.553. The fourth-order valence-corrected chi connectivity index (χ4v) is 2.31. The number of halogens is 1. The van der Waals surface area contributed by atoms with E-state index in [4.69, 9.17) is 21.1 Å². The molecule has 0 spiro atoms. The predicted octanol–water partition coefficient (Wildman–Crippen LogP) is 3.51. The number of carbonyl (C=O) groups excluding carboxylic acids is 2. The highest BCUT2D eigenvalue weighted by Gasteiger charge is 2.09. The molecule has 2 rings (SSSR count). The number of methoxy groups -OCH3 is 1. The molecule has 1 amide bonds. The lowest BCUT2D eigenvalue weighted by Crippen LogP contribution is -2.28. The number of ketones is 1. The van der Waals surface area contributed by atoms with Crippen LogP contribution in [0.15, 0.2) is 48.5 Å². The Morgan fingerprint density at radius 3 is 2.36 bits per heavy atom. The van der Waals surface area contributed by atoms with Crippen molar-refractivity contribution in [2.75, 3.05) is 20.3 Å². The lowest BCUT2D eigenvalue weighted by Gasteiger charge is -2.10. The molecule has 0 fully saturated rings. The number of hydrogen-bond acceptors (Lipinski definition) is 4. The number of amides is 1. The smallest absolute Gasteiger partial charge is 0.220 e. The van der Waals surface area contributed by atoms with Crippen molar-refractivity contribution in [3.05, 3.63) is 59.1 Å². The summed E-state index contributed by atoms with van der Waals surface area (Å²) < 4.78 is 10.7. The first-order chi connectivity index (χ1) is 12.1. The van der Waals surface area contributed by atoms with Crippen LogP contribution in [0.2, 0.25) is 5.02 Å². The lowest BCUT2D eigenvalue weighted by molar-refractivity contribution is -0.121. The van der Waals surface area contributed by atoms with Crippen molar-refractivity contribution in [3.8, 4) is 11.5 Å². The average Bonchev–Trinajstić information content (AvgIpc) is 2.64. The van der Waals surface area contributed by atoms with Crippen molar-refractivity contribution in [1.82, 2.24) is 5.32 Å². The summed E-state index contributed by atoms with van der Waals surface area (Å²) in [6.07, 6.45) is 0.289. The van der Waals surface area contributed by atoms with Gasteiger partial charge in [-0.2, -0.15) is 0 Å². The van der Waals surface area contributed by atoms with Crippen LogP contribution in [-0.4, -0.2) is 32.0 Å². The van der Waals surface area contributed by atoms with E-state index in [9.17, 15) is 9.59 Å². The van der Waals surface area contributed by atoms with Gasteiger partial charge in [0.1, 0.15) is 6.61 Å². The molecule has 6 heteroatoms. The number of benzene rings is 2. The van der Waals surface area contributed by atoms with Gasteiger partial charge in [-0.25, -0.2) is 0 Å². The molecule has 2 aromatic rings. The molecule has 0 aromatic heterocycles. The second-order valence-electron chi connectivity index (χ2n) is 5.28. The number of Topliss-reactive ketones (excluding diaryl/α,β-unsaturated/α-hetero) is 1. The molecule has 0 aliphatic rings. The van der Waals surface area contributed by atoms with Crippen molar-refractivity contribution >= 4 is 23.3 Å². The minimum absolute atomic E-state index is 0.0860. The van der Waals surface area contributed by atoms with Crippen LogP contribution in [0.3, 0.4) is 0 Å². The van der Waals surface area contributed by atoms with Gasteiger partial charge in [0.2, 0.25) is 5.91 Å². The molecule has 0 bridgehead atoms. The third-order valence-electron chi connectivity index (χ3n) is 3.50. The maximum Gasteiger partial charge on any atom is 0.220 e. The Bertz CT molecular complexity index is 716. The van der Waals surface area contributed by atoms with Gasteiger partial charge in [0.05, 0.1) is 13.7 Å². The van der Waals surface area contributed by atoms with E-state index in [0.29, 0.717) is 35.2 Å². The second-order valence-corrected chi connectivity index (χ2v) is 5.72. The van der Waals surface area contributed by atoms with Gasteiger partial charge in [0.25, 0.3) is 0 Å². The van der Waals surface area contributed by atoms with E-state index in [0.717, 1.165) is 0 Å². The van der Waals surface area contributed by atoms with Gasteiger partial charge in [0, 0.05) is 23.4 Å². The molecule has 2 aromatic carbocycles. The molecule has 0 aliphatic carbocycles. The SMILES string of the molecule is COc1ccccc1OCCNC(=O)CCC(=O)c1ccc(Cl)cc1. The van der Waals surface area contributed by atoms with Gasteiger partial charge in [-0.1, -0.05) is 23.7 Å². The van der Waals surface area contributed by atoms with Crippen molar-refractivity contribution in [2.45, 2.75) is 12.8 Å². The molecule has 0 unspecified atom stereocenters. The standard InChI is InChI=1S/C19H20ClNO4/c1-24-17-4-2-3-5-18(17)25-13-12-21-19(23)11-10-16(22)14-6-8-15(20)9-7-14/h2-9H,10-13H2,1H3,(H,21,23). The second kappa shape index (κ2) is 9.69. The predicted molar refractivity (Wildman–Crippen MR) is 96.5 cm³/mol. The number of rotatable bonds is 9. The van der Waals surface area contributed by atoms with Crippen LogP contribution < -0.4 is 14.8 Å². The number of carbonyl (C=O) groups is 2. The van der Waals surface area contributed by atoms with Crippen LogP contribution >= 0.6 is 11.6 Å². The van der Waals surface area contributed by atoms with Crippen molar-refractivity contribution in [3.63, 3.8) is 0 Å². The molecule has 0 saturated heterocycles. The van der Waals surface area contributed by atoms with Gasteiger partial charge in [-0.15, -0.1) is 0 Å². The molecule has 0 heterocycles. The normalized spacial score (nSPS) is 10.2. The molecule has 25 heavy (non-hydrogen) atoms. The topological polar surface area (TPSA) is 64.6 Å². The Morgan fingerprint density at radius 2 is 1.68 bits per heavy atom. The zero-order chi connectivity index (χ0) is 18.1. The maximum absolute atomic E-state index is 12.0. The maximum atomic E-state index is 12.0. The van der Waals surface area contributed by atoms with E-state index < -0.39 is 0 Å². The number of ether oxygens (including phenoxy) is 2. The van der Waals surface area contributed by atoms with Crippen molar-refractivity contribution < 1.29 is 19.1 Å². The first kappa shape index (κ1) is 18.8. The van der Waals surface area contributed by atoms with Crippen LogP contribution in [0.25, 0.3) is 0 Å². The molecule has 1 N–H and O–H groups in total. The van der Waals surface area contributed by atoms with Crippen LogP contribution in [-0.2, 0) is 4.79 Å². The van der Waals surface area contributed by atoms with Crippen LogP contribution in [0.5, 0.6) is 11.5 Å². The van der Waals surface area contributed by atoms with Crippen molar-refractivity contribution in [2.24, 2.45) is 0 Å². The third-order valence-corrected chi connectivity index (χ3v) is 3.75. The zero-order valence-corrected chi connectivity index (χ0v) is 14.7. The van der Waals surface area contributed by atoms with Gasteiger partial charge in [-0.05, 0) is 36.4 Å².